The van der Waals surface area contributed by atoms with Crippen molar-refractivity contribution in [1.29, 1.82) is 0 Å². The first-order valence-electron chi connectivity index (χ1n) is 7.12. The van der Waals surface area contributed by atoms with Gasteiger partial charge in [0.2, 0.25) is 0 Å². The fraction of sp³-hybridized carbons (Fsp3) is 0.533. The first-order chi connectivity index (χ1) is 9.34. The fourth-order valence-electron chi connectivity index (χ4n) is 2.94. The first-order valence-corrected chi connectivity index (χ1v) is 7.12. The number of hydrogen-bond donors (Lipinski definition) is 2. The number of nitrogens with one attached hydrogen (secondary N) is 2. The molecular formula is C15H20N2O2. The van der Waals surface area contributed by atoms with Gasteiger partial charge in [-0.15, -0.1) is 0 Å². The largest absolute Gasteiger partial charge is 0.312 e. The number of benzene rings is 1. The molecule has 2 aliphatic rings. The minimum atomic E-state index is -0.106. The topological polar surface area (TPSA) is 50.4 Å². The average Bonchev–Trinajstić information content (AvgIpc) is 2.97. The van der Waals surface area contributed by atoms with E-state index in [4.69, 9.17) is 4.84 Å². The van der Waals surface area contributed by atoms with E-state index in [1.807, 2.05) is 12.1 Å². The molecule has 1 aliphatic carbocycles. The van der Waals surface area contributed by atoms with E-state index >= 15 is 0 Å². The maximum absolute atomic E-state index is 12.2. The minimum Gasteiger partial charge on any atom is -0.312 e. The Morgan fingerprint density at radius 3 is 3.00 bits per heavy atom. The SMILES string of the molecule is O=C(NOC1CCCC1)c1cccc2c1CCNC2. The van der Waals surface area contributed by atoms with Crippen molar-refractivity contribution in [3.05, 3.63) is 34.9 Å². The number of rotatable bonds is 3. The standard InChI is InChI=1S/C15H20N2O2/c18-15(17-19-12-5-1-2-6-12)14-7-3-4-11-10-16-9-8-13(11)14/h3-4,7,12,16H,1-2,5-6,8-10H2,(H,17,18). The Morgan fingerprint density at radius 1 is 1.32 bits per heavy atom. The van der Waals surface area contributed by atoms with Gasteiger partial charge in [0.1, 0.15) is 0 Å². The van der Waals surface area contributed by atoms with E-state index in [-0.39, 0.29) is 12.0 Å². The third-order valence-corrected chi connectivity index (χ3v) is 4.01. The van der Waals surface area contributed by atoms with Crippen molar-refractivity contribution in [3.8, 4) is 0 Å². The van der Waals surface area contributed by atoms with Crippen molar-refractivity contribution in [2.45, 2.75) is 44.8 Å². The lowest BCUT2D eigenvalue weighted by Crippen LogP contribution is -2.31. The third-order valence-electron chi connectivity index (χ3n) is 4.01. The molecule has 0 bridgehead atoms. The molecule has 19 heavy (non-hydrogen) atoms. The lowest BCUT2D eigenvalue weighted by Gasteiger charge is -2.20. The quantitative estimate of drug-likeness (QED) is 0.817. The molecular weight excluding hydrogens is 240 g/mol. The molecule has 102 valence electrons. The third kappa shape index (κ3) is 2.80. The molecule has 1 amide bonds. The van der Waals surface area contributed by atoms with Crippen LogP contribution in [0.15, 0.2) is 18.2 Å². The highest BCUT2D eigenvalue weighted by molar-refractivity contribution is 5.95. The second-order valence-corrected chi connectivity index (χ2v) is 5.33. The highest BCUT2D eigenvalue weighted by atomic mass is 16.7. The summed E-state index contributed by atoms with van der Waals surface area (Å²) in [5.41, 5.74) is 5.78. The Morgan fingerprint density at radius 2 is 2.16 bits per heavy atom. The van der Waals surface area contributed by atoms with Crippen molar-refractivity contribution >= 4 is 5.91 Å². The van der Waals surface area contributed by atoms with Crippen LogP contribution < -0.4 is 10.8 Å². The maximum atomic E-state index is 12.2. The van der Waals surface area contributed by atoms with Crippen LogP contribution in [-0.2, 0) is 17.8 Å². The Kier molecular flexibility index (Phi) is 3.80. The molecule has 0 unspecified atom stereocenters. The molecule has 0 saturated heterocycles. The van der Waals surface area contributed by atoms with Crippen LogP contribution in [0, 0.1) is 0 Å². The van der Waals surface area contributed by atoms with Gasteiger partial charge in [0.05, 0.1) is 6.10 Å². The molecule has 1 fully saturated rings. The normalized spacial score (nSPS) is 19.2. The zero-order valence-electron chi connectivity index (χ0n) is 11.1. The van der Waals surface area contributed by atoms with E-state index in [1.165, 1.54) is 18.4 Å². The zero-order chi connectivity index (χ0) is 13.1. The molecule has 1 aromatic carbocycles. The molecule has 1 aromatic rings. The molecule has 0 radical (unpaired) electrons. The highest BCUT2D eigenvalue weighted by Gasteiger charge is 2.20. The Hall–Kier alpha value is -1.39. The summed E-state index contributed by atoms with van der Waals surface area (Å²) in [7, 11) is 0. The van der Waals surface area contributed by atoms with Gasteiger partial charge in [-0.3, -0.25) is 9.63 Å². The number of fused-ring (bicyclic) bond motifs is 1. The predicted octanol–water partition coefficient (Wildman–Crippen LogP) is 1.94. The molecule has 1 heterocycles. The van der Waals surface area contributed by atoms with Crippen molar-refractivity contribution < 1.29 is 9.63 Å². The van der Waals surface area contributed by atoms with Crippen LogP contribution >= 0.6 is 0 Å². The molecule has 1 aliphatic heterocycles. The summed E-state index contributed by atoms with van der Waals surface area (Å²) < 4.78 is 0. The van der Waals surface area contributed by atoms with Gasteiger partial charge in [-0.1, -0.05) is 25.0 Å². The van der Waals surface area contributed by atoms with Gasteiger partial charge in [-0.05, 0) is 43.0 Å². The minimum absolute atomic E-state index is 0.106. The molecule has 1 saturated carbocycles. The number of hydroxylamine groups is 1. The van der Waals surface area contributed by atoms with Crippen LogP contribution in [-0.4, -0.2) is 18.6 Å². The van der Waals surface area contributed by atoms with Gasteiger partial charge in [-0.2, -0.15) is 0 Å². The van der Waals surface area contributed by atoms with E-state index in [0.29, 0.717) is 0 Å². The first kappa shape index (κ1) is 12.6. The molecule has 0 aromatic heterocycles. The van der Waals surface area contributed by atoms with E-state index in [0.717, 1.165) is 43.5 Å². The summed E-state index contributed by atoms with van der Waals surface area (Å²) in [5.74, 6) is -0.106. The maximum Gasteiger partial charge on any atom is 0.275 e. The van der Waals surface area contributed by atoms with Gasteiger partial charge in [-0.25, -0.2) is 5.48 Å². The Balaban J connectivity index is 1.68. The molecule has 3 rings (SSSR count). The highest BCUT2D eigenvalue weighted by Crippen LogP contribution is 2.21. The summed E-state index contributed by atoms with van der Waals surface area (Å²) in [4.78, 5) is 17.7. The fourth-order valence-corrected chi connectivity index (χ4v) is 2.94. The Bertz CT molecular complexity index is 467. The van der Waals surface area contributed by atoms with E-state index < -0.39 is 0 Å². The van der Waals surface area contributed by atoms with Crippen LogP contribution in [0.3, 0.4) is 0 Å². The second kappa shape index (κ2) is 5.72. The zero-order valence-corrected chi connectivity index (χ0v) is 11.1. The van der Waals surface area contributed by atoms with E-state index in [9.17, 15) is 4.79 Å². The predicted molar refractivity (Wildman–Crippen MR) is 72.7 cm³/mol. The summed E-state index contributed by atoms with van der Waals surface area (Å²) in [6.07, 6.45) is 5.61. The summed E-state index contributed by atoms with van der Waals surface area (Å²) in [5, 5.41) is 3.32. The monoisotopic (exact) mass is 260 g/mol. The van der Waals surface area contributed by atoms with Crippen LogP contribution in [0.5, 0.6) is 0 Å². The number of carbonyl (C=O) groups excluding carboxylic acids is 1. The van der Waals surface area contributed by atoms with Crippen LogP contribution in [0.2, 0.25) is 0 Å². The van der Waals surface area contributed by atoms with Gasteiger partial charge in [0.25, 0.3) is 5.91 Å². The van der Waals surface area contributed by atoms with Gasteiger partial charge < -0.3 is 5.32 Å². The van der Waals surface area contributed by atoms with Crippen molar-refractivity contribution in [3.63, 3.8) is 0 Å². The summed E-state index contributed by atoms with van der Waals surface area (Å²) in [6, 6.07) is 5.91. The number of amides is 1. The smallest absolute Gasteiger partial charge is 0.275 e. The lowest BCUT2D eigenvalue weighted by molar-refractivity contribution is -0.0125. The van der Waals surface area contributed by atoms with Gasteiger partial charge >= 0.3 is 0 Å². The van der Waals surface area contributed by atoms with Crippen molar-refractivity contribution in [2.75, 3.05) is 6.54 Å². The molecule has 0 spiro atoms. The van der Waals surface area contributed by atoms with Gasteiger partial charge in [0.15, 0.2) is 0 Å². The van der Waals surface area contributed by atoms with Crippen LogP contribution in [0.25, 0.3) is 0 Å². The lowest BCUT2D eigenvalue weighted by atomic mass is 9.95. The Labute approximate surface area is 113 Å². The molecule has 4 nitrogen and oxygen atoms in total. The summed E-state index contributed by atoms with van der Waals surface area (Å²) in [6.45, 7) is 1.78. The van der Waals surface area contributed by atoms with Crippen molar-refractivity contribution in [1.82, 2.24) is 10.8 Å². The second-order valence-electron chi connectivity index (χ2n) is 5.33. The summed E-state index contributed by atoms with van der Waals surface area (Å²) >= 11 is 0. The van der Waals surface area contributed by atoms with Crippen LogP contribution in [0.4, 0.5) is 0 Å². The van der Waals surface area contributed by atoms with Crippen molar-refractivity contribution in [2.24, 2.45) is 0 Å². The van der Waals surface area contributed by atoms with E-state index in [2.05, 4.69) is 16.9 Å². The average molecular weight is 260 g/mol. The van der Waals surface area contributed by atoms with Crippen LogP contribution in [0.1, 0.15) is 47.2 Å². The number of carbonyl (C=O) groups is 1. The number of hydrogen-bond acceptors (Lipinski definition) is 3. The molecule has 4 heteroatoms. The molecule has 0 atom stereocenters. The molecule has 2 N–H and O–H groups in total. The van der Waals surface area contributed by atoms with Gasteiger partial charge in [0, 0.05) is 12.1 Å². The van der Waals surface area contributed by atoms with E-state index in [1.54, 1.807) is 0 Å².